The van der Waals surface area contributed by atoms with E-state index < -0.39 is 5.97 Å². The Morgan fingerprint density at radius 1 is 0.941 bits per heavy atom. The summed E-state index contributed by atoms with van der Waals surface area (Å²) in [6, 6.07) is 24.5. The molecule has 0 saturated carbocycles. The number of rotatable bonds is 8. The summed E-state index contributed by atoms with van der Waals surface area (Å²) in [5, 5.41) is 9.07. The molecule has 1 N–H and O–H groups in total. The third-order valence-electron chi connectivity index (χ3n) is 5.55. The predicted molar refractivity (Wildman–Crippen MR) is 133 cm³/mol. The maximum atomic E-state index is 11.1. The van der Waals surface area contributed by atoms with Gasteiger partial charge < -0.3 is 19.1 Å². The largest absolute Gasteiger partial charge is 0.493 e. The molecule has 0 aliphatic rings. The molecule has 1 heterocycles. The van der Waals surface area contributed by atoms with Crippen molar-refractivity contribution in [3.63, 3.8) is 0 Å². The summed E-state index contributed by atoms with van der Waals surface area (Å²) in [6.45, 7) is 4.44. The van der Waals surface area contributed by atoms with Gasteiger partial charge in [-0.3, -0.25) is 4.99 Å². The number of hydrogen-bond donors (Lipinski definition) is 1. The Kier molecular flexibility index (Phi) is 6.78. The SMILES string of the molecule is COc1cccc(C=Nc2ccc(-n3c(C)ccc3C)cc2)c1OCc1ccc(C(=O)O)cc1. The Hall–Kier alpha value is -4.32. The quantitative estimate of drug-likeness (QED) is 0.325. The minimum absolute atomic E-state index is 0.238. The standard InChI is InChI=1S/C28H26N2O4/c1-19-7-8-20(2)30(19)25-15-13-24(14-16-25)29-17-23-5-4-6-26(33-3)27(23)34-18-21-9-11-22(12-10-21)28(31)32/h4-17H,18H2,1-3H3,(H,31,32). The molecule has 0 unspecified atom stereocenters. The lowest BCUT2D eigenvalue weighted by molar-refractivity contribution is 0.0697. The van der Waals surface area contributed by atoms with Gasteiger partial charge in [0.25, 0.3) is 0 Å². The molecule has 0 saturated heterocycles. The molecule has 0 bridgehead atoms. The maximum absolute atomic E-state index is 11.1. The molecule has 4 aromatic rings. The summed E-state index contributed by atoms with van der Waals surface area (Å²) >= 11 is 0. The minimum Gasteiger partial charge on any atom is -0.493 e. The number of nitrogens with zero attached hydrogens (tertiary/aromatic N) is 2. The highest BCUT2D eigenvalue weighted by Crippen LogP contribution is 2.31. The van der Waals surface area contributed by atoms with E-state index in [0.717, 1.165) is 22.5 Å². The summed E-state index contributed by atoms with van der Waals surface area (Å²) in [7, 11) is 1.59. The third-order valence-corrected chi connectivity index (χ3v) is 5.55. The number of carboxylic acids is 1. The monoisotopic (exact) mass is 454 g/mol. The van der Waals surface area contributed by atoms with Gasteiger partial charge in [0.05, 0.1) is 18.4 Å². The number of carboxylic acid groups (broad SMARTS) is 1. The van der Waals surface area contributed by atoms with Crippen LogP contribution < -0.4 is 9.47 Å². The van der Waals surface area contributed by atoms with Crippen LogP contribution >= 0.6 is 0 Å². The fraction of sp³-hybridized carbons (Fsp3) is 0.143. The molecular formula is C28H26N2O4. The number of aliphatic imine (C=N–C) groups is 1. The Balaban J connectivity index is 1.53. The number of para-hydroxylation sites is 1. The van der Waals surface area contributed by atoms with Gasteiger partial charge in [-0.2, -0.15) is 0 Å². The zero-order valence-electron chi connectivity index (χ0n) is 19.4. The molecule has 0 atom stereocenters. The van der Waals surface area contributed by atoms with E-state index in [0.29, 0.717) is 11.5 Å². The first-order valence-corrected chi connectivity index (χ1v) is 10.9. The Bertz CT molecular complexity index is 1300. The third kappa shape index (κ3) is 5.02. The Morgan fingerprint density at radius 3 is 2.24 bits per heavy atom. The van der Waals surface area contributed by atoms with Gasteiger partial charge in [0, 0.05) is 28.9 Å². The van der Waals surface area contributed by atoms with Crippen LogP contribution in [-0.2, 0) is 6.61 Å². The summed E-state index contributed by atoms with van der Waals surface area (Å²) in [4.78, 5) is 15.7. The van der Waals surface area contributed by atoms with Crippen LogP contribution in [0.5, 0.6) is 11.5 Å². The molecule has 6 nitrogen and oxygen atoms in total. The second kappa shape index (κ2) is 10.1. The van der Waals surface area contributed by atoms with Crippen LogP contribution in [0.4, 0.5) is 5.69 Å². The van der Waals surface area contributed by atoms with Gasteiger partial charge in [-0.15, -0.1) is 0 Å². The van der Waals surface area contributed by atoms with E-state index in [2.05, 4.69) is 47.7 Å². The normalized spacial score (nSPS) is 11.0. The molecular weight excluding hydrogens is 428 g/mol. The van der Waals surface area contributed by atoms with Gasteiger partial charge in [0.1, 0.15) is 6.61 Å². The van der Waals surface area contributed by atoms with Gasteiger partial charge >= 0.3 is 5.97 Å². The van der Waals surface area contributed by atoms with Gasteiger partial charge in [-0.1, -0.05) is 18.2 Å². The smallest absolute Gasteiger partial charge is 0.335 e. The Labute approximate surface area is 198 Å². The van der Waals surface area contributed by atoms with E-state index in [1.807, 2.05) is 30.3 Å². The van der Waals surface area contributed by atoms with E-state index in [9.17, 15) is 4.79 Å². The van der Waals surface area contributed by atoms with Crippen molar-refractivity contribution in [2.45, 2.75) is 20.5 Å². The zero-order valence-corrected chi connectivity index (χ0v) is 19.4. The highest BCUT2D eigenvalue weighted by atomic mass is 16.5. The van der Waals surface area contributed by atoms with Crippen molar-refractivity contribution in [2.75, 3.05) is 7.11 Å². The van der Waals surface area contributed by atoms with Crippen LogP contribution in [0, 0.1) is 13.8 Å². The number of benzene rings is 3. The number of aromatic carboxylic acids is 1. The first-order valence-electron chi connectivity index (χ1n) is 10.9. The summed E-state index contributed by atoms with van der Waals surface area (Å²) < 4.78 is 13.7. The fourth-order valence-electron chi connectivity index (χ4n) is 3.76. The second-order valence-electron chi connectivity index (χ2n) is 7.90. The lowest BCUT2D eigenvalue weighted by Gasteiger charge is -2.13. The van der Waals surface area contributed by atoms with Crippen molar-refractivity contribution in [3.8, 4) is 17.2 Å². The molecule has 0 amide bonds. The average Bonchev–Trinajstić information content (AvgIpc) is 3.19. The number of ether oxygens (including phenoxy) is 2. The fourth-order valence-corrected chi connectivity index (χ4v) is 3.76. The van der Waals surface area contributed by atoms with Gasteiger partial charge in [-0.25, -0.2) is 4.79 Å². The van der Waals surface area contributed by atoms with Gasteiger partial charge in [-0.05, 0) is 80.1 Å². The Morgan fingerprint density at radius 2 is 1.62 bits per heavy atom. The molecule has 172 valence electrons. The van der Waals surface area contributed by atoms with Crippen molar-refractivity contribution in [1.29, 1.82) is 0 Å². The van der Waals surface area contributed by atoms with Gasteiger partial charge in [0.2, 0.25) is 0 Å². The summed E-state index contributed by atoms with van der Waals surface area (Å²) in [5.74, 6) is 0.216. The number of carbonyl (C=O) groups is 1. The van der Waals surface area contributed by atoms with E-state index in [-0.39, 0.29) is 12.2 Å². The van der Waals surface area contributed by atoms with Crippen LogP contribution in [0.2, 0.25) is 0 Å². The molecule has 3 aromatic carbocycles. The molecule has 0 radical (unpaired) electrons. The first-order chi connectivity index (χ1) is 16.5. The van der Waals surface area contributed by atoms with Crippen molar-refractivity contribution in [3.05, 3.63) is 107 Å². The van der Waals surface area contributed by atoms with Crippen LogP contribution in [0.3, 0.4) is 0 Å². The van der Waals surface area contributed by atoms with Gasteiger partial charge in [0.15, 0.2) is 11.5 Å². The topological polar surface area (TPSA) is 73.0 Å². The molecule has 0 fully saturated rings. The molecule has 6 heteroatoms. The molecule has 1 aromatic heterocycles. The molecule has 4 rings (SSSR count). The van der Waals surface area contributed by atoms with Crippen LogP contribution in [0.25, 0.3) is 5.69 Å². The van der Waals surface area contributed by atoms with E-state index >= 15 is 0 Å². The highest BCUT2D eigenvalue weighted by Gasteiger charge is 2.11. The van der Waals surface area contributed by atoms with Crippen LogP contribution in [0.15, 0.2) is 83.9 Å². The van der Waals surface area contributed by atoms with E-state index in [4.69, 9.17) is 14.6 Å². The van der Waals surface area contributed by atoms with Crippen molar-refractivity contribution >= 4 is 17.9 Å². The summed E-state index contributed by atoms with van der Waals surface area (Å²) in [5.41, 5.74) is 6.16. The molecule has 0 spiro atoms. The molecule has 34 heavy (non-hydrogen) atoms. The number of hydrogen-bond acceptors (Lipinski definition) is 4. The zero-order chi connectivity index (χ0) is 24.1. The first kappa shape index (κ1) is 22.9. The number of methoxy groups -OCH3 is 1. The number of aromatic nitrogens is 1. The molecule has 0 aliphatic heterocycles. The van der Waals surface area contributed by atoms with Crippen molar-refractivity contribution in [2.24, 2.45) is 4.99 Å². The van der Waals surface area contributed by atoms with Crippen molar-refractivity contribution < 1.29 is 19.4 Å². The number of aryl methyl sites for hydroxylation is 2. The highest BCUT2D eigenvalue weighted by molar-refractivity contribution is 5.88. The van der Waals surface area contributed by atoms with E-state index in [1.54, 1.807) is 37.6 Å². The average molecular weight is 455 g/mol. The maximum Gasteiger partial charge on any atom is 0.335 e. The summed E-state index contributed by atoms with van der Waals surface area (Å²) in [6.07, 6.45) is 1.76. The van der Waals surface area contributed by atoms with Crippen molar-refractivity contribution in [1.82, 2.24) is 4.57 Å². The second-order valence-corrected chi connectivity index (χ2v) is 7.90. The lowest BCUT2D eigenvalue weighted by Crippen LogP contribution is -2.02. The molecule has 0 aliphatic carbocycles. The van der Waals surface area contributed by atoms with E-state index in [1.165, 1.54) is 11.4 Å². The van der Waals surface area contributed by atoms with Crippen LogP contribution in [0.1, 0.15) is 32.9 Å². The van der Waals surface area contributed by atoms with Crippen LogP contribution in [-0.4, -0.2) is 29.0 Å². The lowest BCUT2D eigenvalue weighted by atomic mass is 10.1. The predicted octanol–water partition coefficient (Wildman–Crippen LogP) is 6.13. The minimum atomic E-state index is -0.956.